The molecule has 0 bridgehead atoms. The van der Waals surface area contributed by atoms with Crippen LogP contribution in [-0.2, 0) is 16.1 Å². The van der Waals surface area contributed by atoms with Crippen LogP contribution in [0, 0.1) is 24.6 Å². The topological polar surface area (TPSA) is 102 Å². The van der Waals surface area contributed by atoms with Crippen molar-refractivity contribution in [2.45, 2.75) is 77.9 Å². The first-order valence-electron chi connectivity index (χ1n) is 12.4. The van der Waals surface area contributed by atoms with E-state index in [1.54, 1.807) is 6.92 Å². The molecular formula is C24H39FN6O3. The number of nitrogens with one attached hydrogen (secondary N) is 1. The van der Waals surface area contributed by atoms with Gasteiger partial charge in [-0.15, -0.1) is 0 Å². The Balaban J connectivity index is 1.73. The number of anilines is 1. The molecule has 34 heavy (non-hydrogen) atoms. The number of carbonyl (C=O) groups excluding carboxylic acids is 2. The monoisotopic (exact) mass is 478 g/mol. The van der Waals surface area contributed by atoms with E-state index in [0.717, 1.165) is 38.6 Å². The third-order valence-corrected chi connectivity index (χ3v) is 7.30. The maximum atomic E-state index is 15.6. The molecule has 2 aliphatic rings. The third-order valence-electron chi connectivity index (χ3n) is 7.30. The quantitative estimate of drug-likeness (QED) is 0.303. The largest absolute Gasteiger partial charge is 0.350 e. The molecule has 0 spiro atoms. The van der Waals surface area contributed by atoms with Crippen molar-refractivity contribution in [3.63, 3.8) is 0 Å². The standard InChI is InChI=1S/C24H39FN6O3/c1-5-20-14-31(16(2)12-29(20)4)23-22(25)21(27-17(3)28-23)11-26-24(33)19(13-30(34)15-32)10-18-8-6-7-9-18/h15-16,18-20,34H,5-14H2,1-4H3,(H,26,33)/t16-,19-,20-/m1/s1. The lowest BCUT2D eigenvalue weighted by atomic mass is 9.92. The van der Waals surface area contributed by atoms with Gasteiger partial charge in [-0.2, -0.15) is 0 Å². The Morgan fingerprint density at radius 1 is 1.32 bits per heavy atom. The van der Waals surface area contributed by atoms with Gasteiger partial charge in [0.05, 0.1) is 19.0 Å². The summed E-state index contributed by atoms with van der Waals surface area (Å²) < 4.78 is 15.6. The van der Waals surface area contributed by atoms with Gasteiger partial charge < -0.3 is 10.2 Å². The minimum atomic E-state index is -0.563. The summed E-state index contributed by atoms with van der Waals surface area (Å²) in [5.41, 5.74) is 0.144. The molecule has 1 saturated heterocycles. The van der Waals surface area contributed by atoms with Crippen molar-refractivity contribution in [2.24, 2.45) is 11.8 Å². The van der Waals surface area contributed by atoms with Gasteiger partial charge in [0, 0.05) is 25.2 Å². The van der Waals surface area contributed by atoms with Gasteiger partial charge in [-0.05, 0) is 39.7 Å². The maximum absolute atomic E-state index is 15.6. The molecule has 0 radical (unpaired) electrons. The van der Waals surface area contributed by atoms with E-state index in [1.165, 1.54) is 0 Å². The lowest BCUT2D eigenvalue weighted by Crippen LogP contribution is -2.56. The number of hydroxylamine groups is 2. The fourth-order valence-corrected chi connectivity index (χ4v) is 5.35. The zero-order valence-electron chi connectivity index (χ0n) is 20.8. The summed E-state index contributed by atoms with van der Waals surface area (Å²) in [6.07, 6.45) is 6.20. The number of carbonyl (C=O) groups is 2. The number of aryl methyl sites for hydroxylation is 1. The van der Waals surface area contributed by atoms with E-state index in [1.807, 2.05) is 4.90 Å². The minimum absolute atomic E-state index is 0.0754. The summed E-state index contributed by atoms with van der Waals surface area (Å²) in [4.78, 5) is 36.8. The van der Waals surface area contributed by atoms with Gasteiger partial charge in [-0.1, -0.05) is 32.6 Å². The van der Waals surface area contributed by atoms with Crippen LogP contribution in [0.3, 0.4) is 0 Å². The van der Waals surface area contributed by atoms with E-state index in [0.29, 0.717) is 42.2 Å². The summed E-state index contributed by atoms with van der Waals surface area (Å²) in [6, 6.07) is 0.401. The second-order valence-corrected chi connectivity index (χ2v) is 9.89. The van der Waals surface area contributed by atoms with Crippen molar-refractivity contribution in [1.29, 1.82) is 0 Å². The van der Waals surface area contributed by atoms with Gasteiger partial charge in [-0.3, -0.25) is 19.7 Å². The molecule has 1 aromatic rings. The number of likely N-dealkylation sites (N-methyl/N-ethyl adjacent to an activating group) is 1. The highest BCUT2D eigenvalue weighted by molar-refractivity contribution is 5.79. The Kier molecular flexibility index (Phi) is 9.18. The predicted octanol–water partition coefficient (Wildman–Crippen LogP) is 2.50. The molecule has 9 nitrogen and oxygen atoms in total. The molecule has 3 rings (SSSR count). The Morgan fingerprint density at radius 2 is 2.03 bits per heavy atom. The molecule has 1 aromatic heterocycles. The van der Waals surface area contributed by atoms with Crippen molar-refractivity contribution in [2.75, 3.05) is 31.6 Å². The number of amides is 2. The first kappa shape index (κ1) is 26.3. The second kappa shape index (κ2) is 11.9. The second-order valence-electron chi connectivity index (χ2n) is 9.89. The van der Waals surface area contributed by atoms with Gasteiger partial charge in [0.15, 0.2) is 11.6 Å². The smallest absolute Gasteiger partial charge is 0.233 e. The summed E-state index contributed by atoms with van der Waals surface area (Å²) >= 11 is 0. The Morgan fingerprint density at radius 3 is 2.68 bits per heavy atom. The molecular weight excluding hydrogens is 439 g/mol. The average Bonchev–Trinajstić information content (AvgIpc) is 3.32. The van der Waals surface area contributed by atoms with Crippen LogP contribution in [0.5, 0.6) is 0 Å². The van der Waals surface area contributed by atoms with Crippen LogP contribution in [0.25, 0.3) is 0 Å². The van der Waals surface area contributed by atoms with Gasteiger partial charge in [0.1, 0.15) is 11.5 Å². The third kappa shape index (κ3) is 6.41. The molecule has 2 amide bonds. The fourth-order valence-electron chi connectivity index (χ4n) is 5.35. The highest BCUT2D eigenvalue weighted by Gasteiger charge is 2.32. The molecule has 1 aliphatic carbocycles. The average molecular weight is 479 g/mol. The normalized spacial score (nSPS) is 22.6. The SMILES string of the molecule is CC[C@@H]1CN(c2nc(C)nc(CNC(=O)[C@H](CC3CCCC3)CN(O)C=O)c2F)[C@H](C)CN1C. The molecule has 0 unspecified atom stereocenters. The minimum Gasteiger partial charge on any atom is -0.350 e. The zero-order valence-corrected chi connectivity index (χ0v) is 20.8. The van der Waals surface area contributed by atoms with Crippen molar-refractivity contribution >= 4 is 18.1 Å². The van der Waals surface area contributed by atoms with E-state index in [-0.39, 0.29) is 36.6 Å². The summed E-state index contributed by atoms with van der Waals surface area (Å²) in [5, 5.41) is 13.0. The van der Waals surface area contributed by atoms with Gasteiger partial charge in [-0.25, -0.2) is 19.4 Å². The van der Waals surface area contributed by atoms with Gasteiger partial charge in [0.2, 0.25) is 12.3 Å². The highest BCUT2D eigenvalue weighted by atomic mass is 19.1. The van der Waals surface area contributed by atoms with E-state index < -0.39 is 11.7 Å². The molecule has 10 heteroatoms. The number of piperazine rings is 1. The first-order chi connectivity index (χ1) is 16.2. The van der Waals surface area contributed by atoms with Gasteiger partial charge in [0.25, 0.3) is 0 Å². The van der Waals surface area contributed by atoms with Crippen molar-refractivity contribution in [3.05, 3.63) is 17.3 Å². The van der Waals surface area contributed by atoms with Gasteiger partial charge >= 0.3 is 0 Å². The van der Waals surface area contributed by atoms with E-state index in [9.17, 15) is 14.8 Å². The molecule has 190 valence electrons. The first-order valence-corrected chi connectivity index (χ1v) is 12.4. The molecule has 2 fully saturated rings. The molecule has 1 saturated carbocycles. The molecule has 0 aromatic carbocycles. The van der Waals surface area contributed by atoms with Crippen LogP contribution in [0.4, 0.5) is 10.2 Å². The highest BCUT2D eigenvalue weighted by Crippen LogP contribution is 2.31. The van der Waals surface area contributed by atoms with E-state index in [4.69, 9.17) is 0 Å². The Hall–Kier alpha value is -2.33. The Bertz CT molecular complexity index is 850. The lowest BCUT2D eigenvalue weighted by molar-refractivity contribution is -0.155. The number of hydrogen-bond donors (Lipinski definition) is 2. The van der Waals surface area contributed by atoms with Crippen molar-refractivity contribution in [1.82, 2.24) is 25.2 Å². The molecule has 2 heterocycles. The number of aromatic nitrogens is 2. The summed E-state index contributed by atoms with van der Waals surface area (Å²) in [7, 11) is 2.09. The van der Waals surface area contributed by atoms with Crippen LogP contribution in [0.15, 0.2) is 0 Å². The zero-order chi connectivity index (χ0) is 24.8. The number of nitrogens with zero attached hydrogens (tertiary/aromatic N) is 5. The van der Waals surface area contributed by atoms with Crippen molar-refractivity contribution < 1.29 is 19.2 Å². The van der Waals surface area contributed by atoms with E-state index in [2.05, 4.69) is 41.1 Å². The summed E-state index contributed by atoms with van der Waals surface area (Å²) in [6.45, 7) is 7.23. The maximum Gasteiger partial charge on any atom is 0.233 e. The summed E-state index contributed by atoms with van der Waals surface area (Å²) in [5.74, 6) is -0.270. The Labute approximate surface area is 201 Å². The van der Waals surface area contributed by atoms with Crippen LogP contribution in [0.2, 0.25) is 0 Å². The number of halogens is 1. The van der Waals surface area contributed by atoms with Crippen LogP contribution in [-0.4, -0.2) is 76.2 Å². The molecule has 3 atom stereocenters. The van der Waals surface area contributed by atoms with E-state index >= 15 is 4.39 Å². The lowest BCUT2D eigenvalue weighted by Gasteiger charge is -2.44. The van der Waals surface area contributed by atoms with Crippen LogP contribution in [0.1, 0.15) is 63.9 Å². The molecule has 2 N–H and O–H groups in total. The molecule has 1 aliphatic heterocycles. The predicted molar refractivity (Wildman–Crippen MR) is 127 cm³/mol. The van der Waals surface area contributed by atoms with Crippen molar-refractivity contribution in [3.8, 4) is 0 Å². The number of hydrogen-bond acceptors (Lipinski definition) is 7. The number of rotatable bonds is 10. The van der Waals surface area contributed by atoms with Crippen LogP contribution >= 0.6 is 0 Å². The fraction of sp³-hybridized carbons (Fsp3) is 0.750. The van der Waals surface area contributed by atoms with Crippen LogP contribution < -0.4 is 10.2 Å².